The molecule has 8 heteroatoms. The van der Waals surface area contributed by atoms with Gasteiger partial charge in [-0.1, -0.05) is 18.2 Å². The Morgan fingerprint density at radius 2 is 1.96 bits per heavy atom. The Morgan fingerprint density at radius 1 is 1.21 bits per heavy atom. The number of piperidine rings is 1. The van der Waals surface area contributed by atoms with Crippen LogP contribution in [-0.2, 0) is 4.79 Å². The lowest BCUT2D eigenvalue weighted by molar-refractivity contribution is -0.174. The van der Waals surface area contributed by atoms with Crippen LogP contribution in [0.5, 0.6) is 11.5 Å². The third kappa shape index (κ3) is 3.16. The first-order valence-corrected chi connectivity index (χ1v) is 8.97. The van der Waals surface area contributed by atoms with Crippen molar-refractivity contribution < 1.29 is 27.1 Å². The average Bonchev–Trinajstić information content (AvgIpc) is 2.75. The second kappa shape index (κ2) is 6.68. The van der Waals surface area contributed by atoms with E-state index < -0.39 is 30.0 Å². The Balaban J connectivity index is 1.84. The van der Waals surface area contributed by atoms with Crippen molar-refractivity contribution in [3.8, 4) is 11.5 Å². The fourth-order valence-electron chi connectivity index (χ4n) is 4.12. The molecule has 2 aliphatic rings. The molecule has 0 aliphatic carbocycles. The molecule has 2 atom stereocenters. The first kappa shape index (κ1) is 18.6. The number of carbonyl (C=O) groups is 1. The second-order valence-corrected chi connectivity index (χ2v) is 7.07. The molecule has 2 aliphatic heterocycles. The van der Waals surface area contributed by atoms with E-state index in [4.69, 9.17) is 4.74 Å². The number of benzene rings is 2. The van der Waals surface area contributed by atoms with E-state index in [-0.39, 0.29) is 0 Å². The number of para-hydroxylation sites is 1. The maximum Gasteiger partial charge on any atom is 0.471 e. The highest BCUT2D eigenvalue weighted by Gasteiger charge is 2.44. The summed E-state index contributed by atoms with van der Waals surface area (Å²) >= 11 is 0. The minimum absolute atomic E-state index is 0.315. The average molecular weight is 394 g/mol. The summed E-state index contributed by atoms with van der Waals surface area (Å²) in [7, 11) is 0. The molecule has 148 valence electrons. The summed E-state index contributed by atoms with van der Waals surface area (Å²) < 4.78 is 58.5. The van der Waals surface area contributed by atoms with Crippen molar-refractivity contribution in [2.45, 2.75) is 38.0 Å². The van der Waals surface area contributed by atoms with Crippen molar-refractivity contribution in [3.05, 3.63) is 53.3 Å². The van der Waals surface area contributed by atoms with Gasteiger partial charge in [0.15, 0.2) is 5.75 Å². The molecule has 1 N–H and O–H groups in total. The number of amides is 1. The zero-order chi connectivity index (χ0) is 20.1. The van der Waals surface area contributed by atoms with Crippen molar-refractivity contribution in [1.82, 2.24) is 5.32 Å². The van der Waals surface area contributed by atoms with Gasteiger partial charge in [0.25, 0.3) is 0 Å². The van der Waals surface area contributed by atoms with Gasteiger partial charge >= 0.3 is 12.1 Å². The molecule has 4 rings (SSSR count). The molecule has 1 fully saturated rings. The molecule has 0 spiro atoms. The third-order valence-corrected chi connectivity index (χ3v) is 5.18. The SMILES string of the molecule is Cc1cc(F)cc2c1N1CCC[C@H](NC(=O)C(F)(F)F)[C@H]1c1ccccc1O2. The van der Waals surface area contributed by atoms with E-state index in [1.807, 2.05) is 4.90 Å². The number of alkyl halides is 3. The molecule has 2 aromatic rings. The molecule has 0 bridgehead atoms. The van der Waals surface area contributed by atoms with E-state index in [0.717, 1.165) is 0 Å². The van der Waals surface area contributed by atoms with Crippen LogP contribution in [0, 0.1) is 12.7 Å². The van der Waals surface area contributed by atoms with Crippen molar-refractivity contribution in [2.24, 2.45) is 0 Å². The summed E-state index contributed by atoms with van der Waals surface area (Å²) in [6, 6.07) is 8.30. The fraction of sp³-hybridized carbons (Fsp3) is 0.350. The Kier molecular flexibility index (Phi) is 4.44. The van der Waals surface area contributed by atoms with Crippen molar-refractivity contribution >= 4 is 11.6 Å². The predicted molar refractivity (Wildman–Crippen MR) is 95.0 cm³/mol. The lowest BCUT2D eigenvalue weighted by Crippen LogP contribution is -2.52. The number of halogens is 4. The Morgan fingerprint density at radius 3 is 2.71 bits per heavy atom. The number of nitrogens with zero attached hydrogens (tertiary/aromatic N) is 1. The van der Waals surface area contributed by atoms with Crippen LogP contribution >= 0.6 is 0 Å². The van der Waals surface area contributed by atoms with Crippen LogP contribution < -0.4 is 15.0 Å². The number of carbonyl (C=O) groups excluding carboxylic acids is 1. The third-order valence-electron chi connectivity index (χ3n) is 5.18. The first-order valence-electron chi connectivity index (χ1n) is 8.97. The predicted octanol–water partition coefficient (Wildman–Crippen LogP) is 4.63. The summed E-state index contributed by atoms with van der Waals surface area (Å²) in [5, 5.41) is 2.15. The number of hydrogen-bond acceptors (Lipinski definition) is 3. The molecule has 0 radical (unpaired) electrons. The Labute approximate surface area is 159 Å². The second-order valence-electron chi connectivity index (χ2n) is 7.07. The topological polar surface area (TPSA) is 41.6 Å². The Bertz CT molecular complexity index is 929. The molecule has 1 amide bonds. The summed E-state index contributed by atoms with van der Waals surface area (Å²) in [6.07, 6.45) is -3.98. The van der Waals surface area contributed by atoms with E-state index in [9.17, 15) is 22.4 Å². The van der Waals surface area contributed by atoms with Gasteiger partial charge in [-0.05, 0) is 37.5 Å². The highest BCUT2D eigenvalue weighted by atomic mass is 19.4. The van der Waals surface area contributed by atoms with Gasteiger partial charge in [0, 0.05) is 18.2 Å². The Hall–Kier alpha value is -2.77. The molecule has 2 aromatic carbocycles. The quantitative estimate of drug-likeness (QED) is 0.718. The monoisotopic (exact) mass is 394 g/mol. The molecule has 4 nitrogen and oxygen atoms in total. The van der Waals surface area contributed by atoms with Crippen molar-refractivity contribution in [3.63, 3.8) is 0 Å². The number of hydrogen-bond donors (Lipinski definition) is 1. The minimum atomic E-state index is -4.96. The maximum absolute atomic E-state index is 14.0. The van der Waals surface area contributed by atoms with E-state index in [1.165, 1.54) is 12.1 Å². The first-order chi connectivity index (χ1) is 13.3. The standard InChI is InChI=1S/C20H18F4N2O2/c1-11-9-12(21)10-16-17(11)26-8-4-6-14(25-19(27)20(22,23)24)18(26)13-5-2-3-7-15(13)28-16/h2-3,5,7,9-10,14,18H,4,6,8H2,1H3,(H,25,27)/t14-,18+/m0/s1. The molecule has 2 heterocycles. The van der Waals surface area contributed by atoms with Crippen LogP contribution in [-0.4, -0.2) is 24.7 Å². The summed E-state index contributed by atoms with van der Waals surface area (Å²) in [5.74, 6) is -1.66. The largest absolute Gasteiger partial charge is 0.471 e. The van der Waals surface area contributed by atoms with Crippen molar-refractivity contribution in [2.75, 3.05) is 11.4 Å². The van der Waals surface area contributed by atoms with E-state index in [1.54, 1.807) is 31.2 Å². The zero-order valence-corrected chi connectivity index (χ0v) is 15.0. The lowest BCUT2D eigenvalue weighted by Gasteiger charge is -2.43. The summed E-state index contributed by atoms with van der Waals surface area (Å²) in [4.78, 5) is 13.5. The number of nitrogens with one attached hydrogen (secondary N) is 1. The fourth-order valence-corrected chi connectivity index (χ4v) is 4.12. The lowest BCUT2D eigenvalue weighted by atomic mass is 9.89. The van der Waals surface area contributed by atoms with Crippen molar-refractivity contribution in [1.29, 1.82) is 0 Å². The normalized spacial score (nSPS) is 21.0. The van der Waals surface area contributed by atoms with Crippen LogP contribution in [0.4, 0.5) is 23.2 Å². The number of rotatable bonds is 1. The van der Waals surface area contributed by atoms with E-state index in [0.29, 0.717) is 47.7 Å². The highest BCUT2D eigenvalue weighted by molar-refractivity contribution is 5.82. The van der Waals surface area contributed by atoms with Crippen LogP contribution in [0.3, 0.4) is 0 Å². The van der Waals surface area contributed by atoms with Gasteiger partial charge in [-0.15, -0.1) is 0 Å². The molecular weight excluding hydrogens is 376 g/mol. The molecule has 1 saturated heterocycles. The van der Waals surface area contributed by atoms with Gasteiger partial charge in [0.05, 0.1) is 17.8 Å². The number of fused-ring (bicyclic) bond motifs is 5. The van der Waals surface area contributed by atoms with Gasteiger partial charge in [0.2, 0.25) is 0 Å². The molecule has 0 saturated carbocycles. The van der Waals surface area contributed by atoms with Gasteiger partial charge in [-0.3, -0.25) is 4.79 Å². The van der Waals surface area contributed by atoms with E-state index in [2.05, 4.69) is 5.32 Å². The van der Waals surface area contributed by atoms with Crippen LogP contribution in [0.15, 0.2) is 36.4 Å². The zero-order valence-electron chi connectivity index (χ0n) is 15.0. The number of ether oxygens (including phenoxy) is 1. The summed E-state index contributed by atoms with van der Waals surface area (Å²) in [5.41, 5.74) is 1.91. The molecular formula is C20H18F4N2O2. The van der Waals surface area contributed by atoms with E-state index >= 15 is 0 Å². The molecule has 28 heavy (non-hydrogen) atoms. The summed E-state index contributed by atoms with van der Waals surface area (Å²) in [6.45, 7) is 2.29. The van der Waals surface area contributed by atoms with Gasteiger partial charge < -0.3 is 15.0 Å². The number of aryl methyl sites for hydroxylation is 1. The highest BCUT2D eigenvalue weighted by Crippen LogP contribution is 2.49. The van der Waals surface area contributed by atoms with Gasteiger partial charge in [0.1, 0.15) is 11.6 Å². The van der Waals surface area contributed by atoms with Crippen LogP contribution in [0.2, 0.25) is 0 Å². The maximum atomic E-state index is 14.0. The van der Waals surface area contributed by atoms with Gasteiger partial charge in [-0.25, -0.2) is 4.39 Å². The number of anilines is 1. The molecule has 0 aromatic heterocycles. The molecule has 0 unspecified atom stereocenters. The van der Waals surface area contributed by atoms with Crippen LogP contribution in [0.1, 0.15) is 30.0 Å². The van der Waals surface area contributed by atoms with Gasteiger partial charge in [-0.2, -0.15) is 13.2 Å². The smallest absolute Gasteiger partial charge is 0.455 e. The minimum Gasteiger partial charge on any atom is -0.455 e. The van der Waals surface area contributed by atoms with Crippen LogP contribution in [0.25, 0.3) is 0 Å².